The van der Waals surface area contributed by atoms with E-state index in [9.17, 15) is 4.79 Å². The summed E-state index contributed by atoms with van der Waals surface area (Å²) < 4.78 is 2.05. The molecule has 4 nitrogen and oxygen atoms in total. The molecule has 1 atom stereocenters. The summed E-state index contributed by atoms with van der Waals surface area (Å²) in [4.78, 5) is 14.5. The van der Waals surface area contributed by atoms with Gasteiger partial charge in [0.2, 0.25) is 0 Å². The normalized spacial score (nSPS) is 19.3. The number of nitrogens with one attached hydrogen (secondary N) is 1. The van der Waals surface area contributed by atoms with Gasteiger partial charge in [0.25, 0.3) is 5.91 Å². The number of carbonyl (C=O) groups excluding carboxylic acids is 1. The molecule has 22 heavy (non-hydrogen) atoms. The number of hydrogen-bond donors (Lipinski definition) is 1. The fourth-order valence-corrected chi connectivity index (χ4v) is 4.01. The molecule has 0 radical (unpaired) electrons. The van der Waals surface area contributed by atoms with Crippen LogP contribution in [0.5, 0.6) is 0 Å². The van der Waals surface area contributed by atoms with Gasteiger partial charge < -0.3 is 9.88 Å². The van der Waals surface area contributed by atoms with E-state index < -0.39 is 0 Å². The van der Waals surface area contributed by atoms with Crippen molar-refractivity contribution in [1.82, 2.24) is 14.8 Å². The fraction of sp³-hybridized carbons (Fsp3) is 0.471. The zero-order valence-corrected chi connectivity index (χ0v) is 14.0. The zero-order chi connectivity index (χ0) is 15.5. The van der Waals surface area contributed by atoms with Gasteiger partial charge in [0.05, 0.1) is 6.04 Å². The second kappa shape index (κ2) is 6.67. The molecule has 118 valence electrons. The molecule has 3 heterocycles. The molecule has 0 bridgehead atoms. The molecular formula is C17H23N3OS. The highest BCUT2D eigenvalue weighted by Crippen LogP contribution is 2.33. The summed E-state index contributed by atoms with van der Waals surface area (Å²) in [5.74, 6) is -0.0195. The van der Waals surface area contributed by atoms with E-state index in [-0.39, 0.29) is 5.91 Å². The summed E-state index contributed by atoms with van der Waals surface area (Å²) in [6, 6.07) is 6.65. The standard InChI is InChI=1S/C17H23N3OS/c1-18-17(21)16-7-6-14(19(16)2)15-5-3-4-9-20(15)11-13-8-10-22-12-13/h6-8,10,12,15H,3-5,9,11H2,1-2H3,(H,18,21)/t15-/m0/s1. The van der Waals surface area contributed by atoms with E-state index in [1.54, 1.807) is 18.4 Å². The Bertz CT molecular complexity index is 632. The van der Waals surface area contributed by atoms with E-state index in [0.717, 1.165) is 25.2 Å². The first-order valence-corrected chi connectivity index (χ1v) is 8.78. The molecule has 1 aliphatic heterocycles. The maximum absolute atomic E-state index is 11.9. The number of nitrogens with zero attached hydrogens (tertiary/aromatic N) is 2. The van der Waals surface area contributed by atoms with Crippen molar-refractivity contribution >= 4 is 17.2 Å². The maximum atomic E-state index is 11.9. The summed E-state index contributed by atoms with van der Waals surface area (Å²) in [6.45, 7) is 2.12. The second-order valence-corrected chi connectivity index (χ2v) is 6.68. The fourth-order valence-electron chi connectivity index (χ4n) is 3.35. The minimum Gasteiger partial charge on any atom is -0.354 e. The predicted octanol–water partition coefficient (Wildman–Crippen LogP) is 3.17. The quantitative estimate of drug-likeness (QED) is 0.940. The number of rotatable bonds is 4. The van der Waals surface area contributed by atoms with E-state index in [1.807, 2.05) is 13.1 Å². The first kappa shape index (κ1) is 15.3. The molecule has 3 rings (SSSR count). The van der Waals surface area contributed by atoms with E-state index in [2.05, 4.69) is 37.7 Å². The van der Waals surface area contributed by atoms with Crippen LogP contribution in [0.3, 0.4) is 0 Å². The van der Waals surface area contributed by atoms with Gasteiger partial charge in [0, 0.05) is 26.3 Å². The molecular weight excluding hydrogens is 294 g/mol. The Labute approximate surface area is 135 Å². The first-order valence-electron chi connectivity index (χ1n) is 7.83. The van der Waals surface area contributed by atoms with Gasteiger partial charge in [0.15, 0.2) is 0 Å². The molecule has 1 N–H and O–H groups in total. The molecule has 0 saturated carbocycles. The third-order valence-electron chi connectivity index (χ3n) is 4.54. The molecule has 0 aromatic carbocycles. The number of carbonyl (C=O) groups is 1. The average molecular weight is 317 g/mol. The number of piperidine rings is 1. The zero-order valence-electron chi connectivity index (χ0n) is 13.2. The lowest BCUT2D eigenvalue weighted by atomic mass is 9.99. The van der Waals surface area contributed by atoms with Gasteiger partial charge in [-0.05, 0) is 53.9 Å². The van der Waals surface area contributed by atoms with Gasteiger partial charge >= 0.3 is 0 Å². The summed E-state index contributed by atoms with van der Waals surface area (Å²) >= 11 is 1.75. The number of likely N-dealkylation sites (tertiary alicyclic amines) is 1. The lowest BCUT2D eigenvalue weighted by molar-refractivity contribution is 0.0952. The Kier molecular flexibility index (Phi) is 4.64. The third-order valence-corrected chi connectivity index (χ3v) is 5.27. The summed E-state index contributed by atoms with van der Waals surface area (Å²) in [5.41, 5.74) is 3.37. The Balaban J connectivity index is 1.84. The van der Waals surface area contributed by atoms with E-state index in [0.29, 0.717) is 6.04 Å². The Morgan fingerprint density at radius 1 is 1.36 bits per heavy atom. The second-order valence-electron chi connectivity index (χ2n) is 5.90. The van der Waals surface area contributed by atoms with Crippen molar-refractivity contribution in [2.24, 2.45) is 7.05 Å². The van der Waals surface area contributed by atoms with Gasteiger partial charge in [-0.2, -0.15) is 11.3 Å². The lowest BCUT2D eigenvalue weighted by Crippen LogP contribution is -2.34. The molecule has 5 heteroatoms. The van der Waals surface area contributed by atoms with Crippen LogP contribution in [0.2, 0.25) is 0 Å². The summed E-state index contributed by atoms with van der Waals surface area (Å²) in [5, 5.41) is 7.08. The Hall–Kier alpha value is -1.59. The van der Waals surface area contributed by atoms with Gasteiger partial charge in [0.1, 0.15) is 5.69 Å². The topological polar surface area (TPSA) is 37.3 Å². The van der Waals surface area contributed by atoms with Gasteiger partial charge in [-0.3, -0.25) is 9.69 Å². The van der Waals surface area contributed by atoms with Crippen LogP contribution in [0.15, 0.2) is 29.0 Å². The minimum absolute atomic E-state index is 0.0195. The number of thiophene rings is 1. The Morgan fingerprint density at radius 3 is 2.95 bits per heavy atom. The average Bonchev–Trinajstić information content (AvgIpc) is 3.17. The van der Waals surface area contributed by atoms with Crippen molar-refractivity contribution in [3.05, 3.63) is 45.9 Å². The van der Waals surface area contributed by atoms with E-state index >= 15 is 0 Å². The highest BCUT2D eigenvalue weighted by molar-refractivity contribution is 7.07. The highest BCUT2D eigenvalue weighted by atomic mass is 32.1. The lowest BCUT2D eigenvalue weighted by Gasteiger charge is -2.36. The largest absolute Gasteiger partial charge is 0.354 e. The van der Waals surface area contributed by atoms with Crippen LogP contribution in [0, 0.1) is 0 Å². The van der Waals surface area contributed by atoms with Gasteiger partial charge in [-0.15, -0.1) is 0 Å². The van der Waals surface area contributed by atoms with Crippen LogP contribution in [0.1, 0.15) is 47.1 Å². The summed E-state index contributed by atoms with van der Waals surface area (Å²) in [6.07, 6.45) is 3.67. The van der Waals surface area contributed by atoms with E-state index in [1.165, 1.54) is 24.1 Å². The number of aromatic nitrogens is 1. The van der Waals surface area contributed by atoms with Crippen LogP contribution in [0.4, 0.5) is 0 Å². The molecule has 0 unspecified atom stereocenters. The molecule has 2 aromatic heterocycles. The minimum atomic E-state index is -0.0195. The third kappa shape index (κ3) is 2.96. The molecule has 1 amide bonds. The monoisotopic (exact) mass is 317 g/mol. The highest BCUT2D eigenvalue weighted by Gasteiger charge is 2.27. The van der Waals surface area contributed by atoms with Crippen molar-refractivity contribution in [1.29, 1.82) is 0 Å². The molecule has 0 aliphatic carbocycles. The smallest absolute Gasteiger partial charge is 0.267 e. The number of hydrogen-bond acceptors (Lipinski definition) is 3. The van der Waals surface area contributed by atoms with Crippen LogP contribution in [-0.2, 0) is 13.6 Å². The van der Waals surface area contributed by atoms with Gasteiger partial charge in [-0.1, -0.05) is 6.42 Å². The van der Waals surface area contributed by atoms with Crippen LogP contribution in [0.25, 0.3) is 0 Å². The maximum Gasteiger partial charge on any atom is 0.267 e. The number of amides is 1. The molecule has 2 aromatic rings. The van der Waals surface area contributed by atoms with Crippen LogP contribution in [-0.4, -0.2) is 29.0 Å². The van der Waals surface area contributed by atoms with Crippen molar-refractivity contribution < 1.29 is 4.79 Å². The van der Waals surface area contributed by atoms with Crippen molar-refractivity contribution in [3.63, 3.8) is 0 Å². The van der Waals surface area contributed by atoms with Crippen LogP contribution >= 0.6 is 11.3 Å². The molecule has 1 aliphatic rings. The van der Waals surface area contributed by atoms with Crippen LogP contribution < -0.4 is 5.32 Å². The molecule has 0 spiro atoms. The Morgan fingerprint density at radius 2 is 2.23 bits per heavy atom. The van der Waals surface area contributed by atoms with Crippen molar-refractivity contribution in [2.45, 2.75) is 31.8 Å². The molecule has 1 saturated heterocycles. The van der Waals surface area contributed by atoms with Crippen molar-refractivity contribution in [2.75, 3.05) is 13.6 Å². The summed E-state index contributed by atoms with van der Waals surface area (Å²) in [7, 11) is 3.68. The SMILES string of the molecule is CNC(=O)c1ccc([C@@H]2CCCCN2Cc2ccsc2)n1C. The predicted molar refractivity (Wildman–Crippen MR) is 90.1 cm³/mol. The molecule has 1 fully saturated rings. The van der Waals surface area contributed by atoms with Crippen molar-refractivity contribution in [3.8, 4) is 0 Å². The first-order chi connectivity index (χ1) is 10.7. The van der Waals surface area contributed by atoms with E-state index in [4.69, 9.17) is 0 Å². The van der Waals surface area contributed by atoms with Gasteiger partial charge in [-0.25, -0.2) is 0 Å².